The van der Waals surface area contributed by atoms with Gasteiger partial charge in [-0.1, -0.05) is 59.1 Å². The van der Waals surface area contributed by atoms with Gasteiger partial charge in [0, 0.05) is 17.0 Å². The van der Waals surface area contributed by atoms with Crippen molar-refractivity contribution in [2.24, 2.45) is 11.7 Å². The average Bonchev–Trinajstić information content (AvgIpc) is 3.72. The van der Waals surface area contributed by atoms with Gasteiger partial charge in [-0.25, -0.2) is 4.21 Å². The summed E-state index contributed by atoms with van der Waals surface area (Å²) >= 11 is 17.2. The first-order valence-electron chi connectivity index (χ1n) is 12.4. The lowest BCUT2D eigenvalue weighted by atomic mass is 9.65. The molecule has 0 aromatic heterocycles. The van der Waals surface area contributed by atoms with Crippen LogP contribution in [0.15, 0.2) is 71.1 Å². The molecule has 10 heteroatoms. The number of carbonyl (C=O) groups is 1. The first kappa shape index (κ1) is 28.1. The smallest absolute Gasteiger partial charge is 0.186 e. The molecule has 2 aliphatic carbocycles. The molecule has 0 heterocycles. The quantitative estimate of drug-likeness (QED) is 0.184. The second-order valence-electron chi connectivity index (χ2n) is 10.0. The molecular weight excluding hydrogens is 581 g/mol. The second kappa shape index (κ2) is 11.2. The largest absolute Gasteiger partial charge is 0.489 e. The van der Waals surface area contributed by atoms with Gasteiger partial charge in [0.25, 0.3) is 0 Å². The molecule has 3 aromatic carbocycles. The Hall–Kier alpha value is -2.39. The van der Waals surface area contributed by atoms with Crippen LogP contribution >= 0.6 is 34.8 Å². The third kappa shape index (κ3) is 5.89. The number of benzene rings is 3. The molecule has 1 unspecified atom stereocenters. The van der Waals surface area contributed by atoms with Crippen LogP contribution in [0.4, 0.5) is 0 Å². The van der Waals surface area contributed by atoms with Crippen molar-refractivity contribution in [3.8, 4) is 5.75 Å². The Labute approximate surface area is 244 Å². The molecule has 6 nitrogen and oxygen atoms in total. The lowest BCUT2D eigenvalue weighted by Crippen LogP contribution is -2.40. The van der Waals surface area contributed by atoms with E-state index in [2.05, 4.69) is 0 Å². The fourth-order valence-electron chi connectivity index (χ4n) is 4.97. The summed E-state index contributed by atoms with van der Waals surface area (Å²) in [5.74, 6) is 0.357. The van der Waals surface area contributed by atoms with Crippen molar-refractivity contribution in [1.82, 2.24) is 0 Å². The molecule has 39 heavy (non-hydrogen) atoms. The van der Waals surface area contributed by atoms with E-state index in [4.69, 9.17) is 45.3 Å². The molecule has 3 aromatic rings. The molecule has 4 N–H and O–H groups in total. The van der Waals surface area contributed by atoms with Crippen molar-refractivity contribution < 1.29 is 23.4 Å². The number of ether oxygens (including phenoxy) is 1. The highest BCUT2D eigenvalue weighted by Crippen LogP contribution is 2.52. The Morgan fingerprint density at radius 2 is 1.64 bits per heavy atom. The van der Waals surface area contributed by atoms with E-state index in [0.29, 0.717) is 55.3 Å². The van der Waals surface area contributed by atoms with E-state index in [1.54, 1.807) is 48.5 Å². The number of hydrogen-bond donors (Lipinski definition) is 3. The van der Waals surface area contributed by atoms with Gasteiger partial charge >= 0.3 is 0 Å². The van der Waals surface area contributed by atoms with Crippen LogP contribution in [0.25, 0.3) is 5.70 Å². The lowest BCUT2D eigenvalue weighted by Gasteiger charge is -2.44. The van der Waals surface area contributed by atoms with Crippen LogP contribution in [-0.4, -0.2) is 26.3 Å². The summed E-state index contributed by atoms with van der Waals surface area (Å²) in [6.45, 7) is -0.0840. The highest BCUT2D eigenvalue weighted by atomic mass is 35.5. The van der Waals surface area contributed by atoms with Crippen molar-refractivity contribution in [1.29, 1.82) is 0 Å². The fraction of sp³-hybridized carbons (Fsp3) is 0.276. The van der Waals surface area contributed by atoms with Gasteiger partial charge < -0.3 is 20.1 Å². The highest BCUT2D eigenvalue weighted by Gasteiger charge is 2.45. The molecule has 2 aliphatic rings. The topological polar surface area (TPSA) is 110 Å². The van der Waals surface area contributed by atoms with Crippen LogP contribution < -0.4 is 10.5 Å². The Bertz CT molecular complexity index is 1460. The summed E-state index contributed by atoms with van der Waals surface area (Å²) in [5.41, 5.74) is 7.80. The maximum absolute atomic E-state index is 13.1. The van der Waals surface area contributed by atoms with Crippen molar-refractivity contribution in [2.45, 2.75) is 42.1 Å². The van der Waals surface area contributed by atoms with Crippen LogP contribution in [0.3, 0.4) is 0 Å². The number of Topliss-reactive ketones (excluding diaryl/α,β-unsaturated/α-hetero) is 1. The molecule has 2 fully saturated rings. The van der Waals surface area contributed by atoms with Gasteiger partial charge in [0.05, 0.1) is 36.8 Å². The zero-order chi connectivity index (χ0) is 27.9. The minimum Gasteiger partial charge on any atom is -0.489 e. The van der Waals surface area contributed by atoms with Crippen molar-refractivity contribution in [3.05, 3.63) is 98.0 Å². The SMILES string of the molecule is NC(=C(COc1ccc(C2(O)CC(c3ccc(S(=O)O)cc3)C2)c(Cl)c1)C(=O)C1CC1)c1c(Cl)cccc1Cl. The molecule has 0 bridgehead atoms. The predicted molar refractivity (Wildman–Crippen MR) is 154 cm³/mol. The maximum atomic E-state index is 13.1. The Morgan fingerprint density at radius 1 is 1.00 bits per heavy atom. The molecule has 0 saturated heterocycles. The Balaban J connectivity index is 1.31. The lowest BCUT2D eigenvalue weighted by molar-refractivity contribution is -0.116. The van der Waals surface area contributed by atoms with E-state index >= 15 is 0 Å². The third-order valence-electron chi connectivity index (χ3n) is 7.35. The van der Waals surface area contributed by atoms with Gasteiger partial charge in [-0.2, -0.15) is 0 Å². The summed E-state index contributed by atoms with van der Waals surface area (Å²) in [7, 11) is 0. The third-order valence-corrected chi connectivity index (χ3v) is 8.97. The fourth-order valence-corrected chi connectivity index (χ4v) is 6.28. The van der Waals surface area contributed by atoms with Gasteiger partial charge in [-0.3, -0.25) is 4.79 Å². The zero-order valence-corrected chi connectivity index (χ0v) is 23.8. The molecule has 5 rings (SSSR count). The molecule has 204 valence electrons. The van der Waals surface area contributed by atoms with Crippen LogP contribution in [0, 0.1) is 5.92 Å². The number of halogens is 3. The van der Waals surface area contributed by atoms with E-state index in [1.807, 2.05) is 12.1 Å². The first-order chi connectivity index (χ1) is 18.6. The van der Waals surface area contributed by atoms with Gasteiger partial charge in [0.15, 0.2) is 16.9 Å². The maximum Gasteiger partial charge on any atom is 0.186 e. The molecule has 0 radical (unpaired) electrons. The number of ketones is 1. The normalized spacial score (nSPS) is 22.0. The van der Waals surface area contributed by atoms with Gasteiger partial charge in [0.1, 0.15) is 12.4 Å². The van der Waals surface area contributed by atoms with Gasteiger partial charge in [0.2, 0.25) is 0 Å². The molecule has 0 amide bonds. The molecule has 1 atom stereocenters. The van der Waals surface area contributed by atoms with Crippen LogP contribution in [0.1, 0.15) is 48.3 Å². The second-order valence-corrected chi connectivity index (χ2v) is 12.2. The summed E-state index contributed by atoms with van der Waals surface area (Å²) in [6.07, 6.45) is 2.53. The van der Waals surface area contributed by atoms with Crippen LogP contribution in [0.5, 0.6) is 5.75 Å². The monoisotopic (exact) mass is 605 g/mol. The summed E-state index contributed by atoms with van der Waals surface area (Å²) in [6, 6.07) is 16.9. The predicted octanol–water partition coefficient (Wildman–Crippen LogP) is 6.72. The van der Waals surface area contributed by atoms with Crippen molar-refractivity contribution in [3.63, 3.8) is 0 Å². The number of aliphatic hydroxyl groups is 1. The highest BCUT2D eigenvalue weighted by molar-refractivity contribution is 7.79. The molecule has 2 saturated carbocycles. The van der Waals surface area contributed by atoms with E-state index in [9.17, 15) is 18.7 Å². The summed E-state index contributed by atoms with van der Waals surface area (Å²) in [5, 5.41) is 12.3. The molecular formula is C29H26Cl3NO5S. The summed E-state index contributed by atoms with van der Waals surface area (Å²) in [4.78, 5) is 13.4. The van der Waals surface area contributed by atoms with Crippen LogP contribution in [-0.2, 0) is 21.5 Å². The van der Waals surface area contributed by atoms with E-state index < -0.39 is 16.7 Å². The van der Waals surface area contributed by atoms with Crippen molar-refractivity contribution in [2.75, 3.05) is 6.61 Å². The standard InChI is InChI=1S/C29H26Cl3NO5S/c30-23-2-1-3-24(31)26(23)27(33)21(28(34)17-4-5-17)15-38-19-8-11-22(25(32)12-19)29(35)13-18(14-29)16-6-9-20(10-7-16)39(36)37/h1-3,6-12,17-18,35H,4-5,13-15,33H2,(H,36,37). The average molecular weight is 607 g/mol. The number of carbonyl (C=O) groups excluding carboxylic acids is 1. The van der Waals surface area contributed by atoms with E-state index in [1.165, 1.54) is 0 Å². The minimum absolute atomic E-state index is 0.0840. The minimum atomic E-state index is -2.03. The van der Waals surface area contributed by atoms with Crippen molar-refractivity contribution >= 4 is 57.4 Å². The Kier molecular flexibility index (Phi) is 8.11. The number of hydrogen-bond acceptors (Lipinski definition) is 5. The summed E-state index contributed by atoms with van der Waals surface area (Å²) < 4.78 is 26.4. The van der Waals surface area contributed by atoms with E-state index in [-0.39, 0.29) is 29.9 Å². The number of rotatable bonds is 9. The van der Waals surface area contributed by atoms with Gasteiger partial charge in [-0.05, 0) is 73.6 Å². The number of nitrogens with two attached hydrogens (primary N) is 1. The Morgan fingerprint density at radius 3 is 2.21 bits per heavy atom. The first-order valence-corrected chi connectivity index (χ1v) is 14.6. The molecule has 0 spiro atoms. The van der Waals surface area contributed by atoms with Gasteiger partial charge in [-0.15, -0.1) is 0 Å². The van der Waals surface area contributed by atoms with Crippen LogP contribution in [0.2, 0.25) is 15.1 Å². The van der Waals surface area contributed by atoms with E-state index in [0.717, 1.165) is 18.4 Å². The molecule has 0 aliphatic heterocycles. The zero-order valence-electron chi connectivity index (χ0n) is 20.7.